The van der Waals surface area contributed by atoms with Crippen molar-refractivity contribution in [2.24, 2.45) is 0 Å². The van der Waals surface area contributed by atoms with Crippen LogP contribution >= 0.6 is 15.9 Å². The van der Waals surface area contributed by atoms with Crippen LogP contribution in [0.15, 0.2) is 47.5 Å². The van der Waals surface area contributed by atoms with E-state index in [1.165, 1.54) is 17.5 Å². The van der Waals surface area contributed by atoms with Gasteiger partial charge in [0.15, 0.2) is 5.65 Å². The molecule has 0 bridgehead atoms. The van der Waals surface area contributed by atoms with E-state index in [2.05, 4.69) is 59.9 Å². The molecule has 0 saturated heterocycles. The lowest BCUT2D eigenvalue weighted by Gasteiger charge is -2.13. The second kappa shape index (κ2) is 5.24. The standard InChI is InChI=1S/C16H15BrN4/c17-15-10-21-12(8-20-16(21)9-19-15)7-18-14-6-5-11-3-1-2-4-13(11)14/h1-4,8-10,14,18H,5-7H2. The molecule has 4 nitrogen and oxygen atoms in total. The molecule has 0 amide bonds. The lowest BCUT2D eigenvalue weighted by molar-refractivity contribution is 0.524. The van der Waals surface area contributed by atoms with Crippen molar-refractivity contribution in [3.8, 4) is 0 Å². The van der Waals surface area contributed by atoms with E-state index in [0.717, 1.165) is 28.9 Å². The number of halogens is 1. The van der Waals surface area contributed by atoms with Gasteiger partial charge in [-0.25, -0.2) is 9.97 Å². The summed E-state index contributed by atoms with van der Waals surface area (Å²) >= 11 is 3.41. The summed E-state index contributed by atoms with van der Waals surface area (Å²) in [5.74, 6) is 0. The summed E-state index contributed by atoms with van der Waals surface area (Å²) in [5.41, 5.74) is 4.94. The smallest absolute Gasteiger partial charge is 0.155 e. The Hall–Kier alpha value is -1.72. The van der Waals surface area contributed by atoms with E-state index >= 15 is 0 Å². The van der Waals surface area contributed by atoms with Crippen molar-refractivity contribution < 1.29 is 0 Å². The van der Waals surface area contributed by atoms with Crippen molar-refractivity contribution >= 4 is 21.6 Å². The molecule has 1 atom stereocenters. The van der Waals surface area contributed by atoms with E-state index < -0.39 is 0 Å². The molecule has 3 aromatic rings. The number of fused-ring (bicyclic) bond motifs is 2. The third-order valence-electron chi connectivity index (χ3n) is 4.10. The molecule has 0 spiro atoms. The normalized spacial score (nSPS) is 17.3. The van der Waals surface area contributed by atoms with Crippen LogP contribution in [-0.4, -0.2) is 14.4 Å². The van der Waals surface area contributed by atoms with Crippen LogP contribution < -0.4 is 5.32 Å². The molecule has 21 heavy (non-hydrogen) atoms. The molecule has 1 unspecified atom stereocenters. The third-order valence-corrected chi connectivity index (χ3v) is 4.51. The molecule has 5 heteroatoms. The fourth-order valence-corrected chi connectivity index (χ4v) is 3.35. The Balaban J connectivity index is 1.56. The van der Waals surface area contributed by atoms with Gasteiger partial charge in [-0.2, -0.15) is 0 Å². The van der Waals surface area contributed by atoms with Gasteiger partial charge in [-0.05, 0) is 39.9 Å². The van der Waals surface area contributed by atoms with Crippen molar-refractivity contribution in [3.63, 3.8) is 0 Å². The highest BCUT2D eigenvalue weighted by atomic mass is 79.9. The Labute approximate surface area is 131 Å². The summed E-state index contributed by atoms with van der Waals surface area (Å²) in [7, 11) is 0. The zero-order chi connectivity index (χ0) is 14.2. The molecule has 4 rings (SSSR count). The summed E-state index contributed by atoms with van der Waals surface area (Å²) in [4.78, 5) is 8.59. The minimum absolute atomic E-state index is 0.442. The van der Waals surface area contributed by atoms with Crippen LogP contribution in [0.2, 0.25) is 0 Å². The van der Waals surface area contributed by atoms with E-state index in [1.54, 1.807) is 6.20 Å². The molecule has 0 aliphatic heterocycles. The van der Waals surface area contributed by atoms with Gasteiger partial charge in [0.2, 0.25) is 0 Å². The molecule has 0 fully saturated rings. The van der Waals surface area contributed by atoms with Crippen molar-refractivity contribution in [2.45, 2.75) is 25.4 Å². The van der Waals surface area contributed by atoms with Gasteiger partial charge in [-0.1, -0.05) is 24.3 Å². The van der Waals surface area contributed by atoms with E-state index in [-0.39, 0.29) is 0 Å². The number of benzene rings is 1. The van der Waals surface area contributed by atoms with Crippen LogP contribution in [0, 0.1) is 0 Å². The monoisotopic (exact) mass is 342 g/mol. The van der Waals surface area contributed by atoms with E-state index in [4.69, 9.17) is 0 Å². The van der Waals surface area contributed by atoms with Gasteiger partial charge in [0.25, 0.3) is 0 Å². The number of aryl methyl sites for hydroxylation is 1. The fraction of sp³-hybridized carbons (Fsp3) is 0.250. The van der Waals surface area contributed by atoms with E-state index in [0.29, 0.717) is 6.04 Å². The Morgan fingerprint density at radius 2 is 2.14 bits per heavy atom. The van der Waals surface area contributed by atoms with Gasteiger partial charge < -0.3 is 5.32 Å². The third kappa shape index (κ3) is 2.36. The van der Waals surface area contributed by atoms with Crippen LogP contribution in [0.4, 0.5) is 0 Å². The van der Waals surface area contributed by atoms with Crippen LogP contribution in [0.5, 0.6) is 0 Å². The van der Waals surface area contributed by atoms with Crippen LogP contribution in [0.3, 0.4) is 0 Å². The summed E-state index contributed by atoms with van der Waals surface area (Å²) in [6, 6.07) is 9.15. The quantitative estimate of drug-likeness (QED) is 0.794. The predicted octanol–water partition coefficient (Wildman–Crippen LogP) is 3.27. The molecule has 0 saturated carbocycles. The number of hydrogen-bond acceptors (Lipinski definition) is 3. The van der Waals surface area contributed by atoms with Crippen LogP contribution in [0.25, 0.3) is 5.65 Å². The first-order valence-electron chi connectivity index (χ1n) is 7.10. The molecule has 106 valence electrons. The molecule has 0 radical (unpaired) electrons. The highest BCUT2D eigenvalue weighted by Gasteiger charge is 2.21. The molecular weight excluding hydrogens is 328 g/mol. The van der Waals surface area contributed by atoms with Crippen molar-refractivity contribution in [3.05, 3.63) is 64.3 Å². The molecule has 1 aliphatic carbocycles. The van der Waals surface area contributed by atoms with Crippen LogP contribution in [-0.2, 0) is 13.0 Å². The van der Waals surface area contributed by atoms with Gasteiger partial charge in [0, 0.05) is 18.8 Å². The maximum atomic E-state index is 4.39. The van der Waals surface area contributed by atoms with Gasteiger partial charge in [0.05, 0.1) is 18.1 Å². The number of aromatic nitrogens is 3. The maximum Gasteiger partial charge on any atom is 0.155 e. The van der Waals surface area contributed by atoms with E-state index in [1.807, 2.05) is 12.4 Å². The molecule has 2 aromatic heterocycles. The first-order chi connectivity index (χ1) is 10.3. The number of nitrogens with one attached hydrogen (secondary N) is 1. The Morgan fingerprint density at radius 1 is 1.24 bits per heavy atom. The highest BCUT2D eigenvalue weighted by molar-refractivity contribution is 9.10. The van der Waals surface area contributed by atoms with E-state index in [9.17, 15) is 0 Å². The average Bonchev–Trinajstić information content (AvgIpc) is 3.09. The van der Waals surface area contributed by atoms with Crippen LogP contribution in [0.1, 0.15) is 29.3 Å². The Morgan fingerprint density at radius 3 is 3.10 bits per heavy atom. The zero-order valence-electron chi connectivity index (χ0n) is 11.5. The summed E-state index contributed by atoms with van der Waals surface area (Å²) in [6.07, 6.45) is 7.98. The fourth-order valence-electron chi connectivity index (χ4n) is 3.04. The van der Waals surface area contributed by atoms with Crippen molar-refractivity contribution in [1.29, 1.82) is 0 Å². The summed E-state index contributed by atoms with van der Waals surface area (Å²) in [5, 5.41) is 3.66. The molecule has 1 N–H and O–H groups in total. The van der Waals surface area contributed by atoms with Crippen molar-refractivity contribution in [1.82, 2.24) is 19.7 Å². The average molecular weight is 343 g/mol. The Kier molecular flexibility index (Phi) is 3.24. The maximum absolute atomic E-state index is 4.39. The number of hydrogen-bond donors (Lipinski definition) is 1. The summed E-state index contributed by atoms with van der Waals surface area (Å²) < 4.78 is 2.89. The number of rotatable bonds is 3. The predicted molar refractivity (Wildman–Crippen MR) is 85.0 cm³/mol. The van der Waals surface area contributed by atoms with Gasteiger partial charge in [-0.15, -0.1) is 0 Å². The summed E-state index contributed by atoms with van der Waals surface area (Å²) in [6.45, 7) is 0.802. The second-order valence-corrected chi connectivity index (χ2v) is 6.17. The molecule has 1 aromatic carbocycles. The minimum atomic E-state index is 0.442. The van der Waals surface area contributed by atoms with Gasteiger partial charge in [0.1, 0.15) is 4.60 Å². The molecular formula is C16H15BrN4. The lowest BCUT2D eigenvalue weighted by Crippen LogP contribution is -2.19. The largest absolute Gasteiger partial charge is 0.304 e. The number of imidazole rings is 1. The molecule has 1 aliphatic rings. The number of nitrogens with zero attached hydrogens (tertiary/aromatic N) is 3. The second-order valence-electron chi connectivity index (χ2n) is 5.36. The zero-order valence-corrected chi connectivity index (χ0v) is 13.0. The first-order valence-corrected chi connectivity index (χ1v) is 7.89. The Bertz CT molecular complexity index is 796. The topological polar surface area (TPSA) is 42.2 Å². The van der Waals surface area contributed by atoms with Gasteiger partial charge in [-0.3, -0.25) is 4.40 Å². The van der Waals surface area contributed by atoms with Gasteiger partial charge >= 0.3 is 0 Å². The minimum Gasteiger partial charge on any atom is -0.304 e. The lowest BCUT2D eigenvalue weighted by atomic mass is 10.1. The highest BCUT2D eigenvalue weighted by Crippen LogP contribution is 2.30. The molecule has 2 heterocycles. The van der Waals surface area contributed by atoms with Crippen molar-refractivity contribution in [2.75, 3.05) is 0 Å². The first kappa shape index (κ1) is 13.0. The SMILES string of the molecule is Brc1cn2c(CNC3CCc4ccccc43)cnc2cn1.